The molecule has 0 aliphatic rings. The summed E-state index contributed by atoms with van der Waals surface area (Å²) in [6.45, 7) is 3.79. The molecule has 1 aromatic carbocycles. The molecule has 0 aliphatic carbocycles. The SMILES string of the molecule is [CH2-]Cc1coc2ccc(C#N)cc12.[Co]. The molecular formula is C11H8CoNO-. The van der Waals surface area contributed by atoms with Crippen LogP contribution in [0.4, 0.5) is 0 Å². The van der Waals surface area contributed by atoms with Crippen LogP contribution >= 0.6 is 0 Å². The quantitative estimate of drug-likeness (QED) is 0.705. The molecule has 0 bridgehead atoms. The van der Waals surface area contributed by atoms with Crippen LogP contribution in [-0.4, -0.2) is 0 Å². The minimum absolute atomic E-state index is 0. The minimum Gasteiger partial charge on any atom is -0.464 e. The molecule has 2 nitrogen and oxygen atoms in total. The summed E-state index contributed by atoms with van der Waals surface area (Å²) >= 11 is 0. The van der Waals surface area contributed by atoms with Crippen LogP contribution in [0.15, 0.2) is 28.9 Å². The van der Waals surface area contributed by atoms with Gasteiger partial charge < -0.3 is 11.3 Å². The van der Waals surface area contributed by atoms with Crippen LogP contribution in [0.3, 0.4) is 0 Å². The van der Waals surface area contributed by atoms with Crippen LogP contribution in [-0.2, 0) is 23.2 Å². The van der Waals surface area contributed by atoms with Crippen molar-refractivity contribution in [3.8, 4) is 6.07 Å². The fourth-order valence-electron chi connectivity index (χ4n) is 1.34. The van der Waals surface area contributed by atoms with Crippen molar-refractivity contribution >= 4 is 11.0 Å². The van der Waals surface area contributed by atoms with Crippen molar-refractivity contribution in [2.45, 2.75) is 6.42 Å². The molecule has 0 saturated carbocycles. The smallest absolute Gasteiger partial charge is 0.134 e. The van der Waals surface area contributed by atoms with Gasteiger partial charge in [-0.05, 0) is 23.8 Å². The molecule has 0 saturated heterocycles. The van der Waals surface area contributed by atoms with Crippen LogP contribution in [0.1, 0.15) is 11.1 Å². The molecule has 0 unspecified atom stereocenters. The summed E-state index contributed by atoms with van der Waals surface area (Å²) in [7, 11) is 0. The van der Waals surface area contributed by atoms with E-state index in [0.29, 0.717) is 12.0 Å². The Labute approximate surface area is 92.7 Å². The molecule has 1 radical (unpaired) electrons. The first-order valence-corrected chi connectivity index (χ1v) is 4.04. The van der Waals surface area contributed by atoms with Crippen LogP contribution in [0.25, 0.3) is 11.0 Å². The maximum absolute atomic E-state index is 8.70. The molecule has 2 rings (SSSR count). The van der Waals surface area contributed by atoms with E-state index in [4.69, 9.17) is 9.68 Å². The summed E-state index contributed by atoms with van der Waals surface area (Å²) in [6, 6.07) is 7.49. The third-order valence-corrected chi connectivity index (χ3v) is 2.05. The summed E-state index contributed by atoms with van der Waals surface area (Å²) < 4.78 is 5.29. The molecule has 0 fully saturated rings. The number of benzene rings is 1. The number of hydrogen-bond acceptors (Lipinski definition) is 2. The molecule has 73 valence electrons. The van der Waals surface area contributed by atoms with E-state index in [1.54, 1.807) is 12.3 Å². The predicted molar refractivity (Wildman–Crippen MR) is 50.0 cm³/mol. The molecule has 3 heteroatoms. The van der Waals surface area contributed by atoms with Gasteiger partial charge in [0, 0.05) is 22.2 Å². The number of nitrogens with zero attached hydrogens (tertiary/aromatic N) is 1. The van der Waals surface area contributed by atoms with E-state index < -0.39 is 0 Å². The summed E-state index contributed by atoms with van der Waals surface area (Å²) in [5, 5.41) is 9.70. The van der Waals surface area contributed by atoms with Gasteiger partial charge in [0.2, 0.25) is 0 Å². The fourth-order valence-corrected chi connectivity index (χ4v) is 1.34. The Morgan fingerprint density at radius 2 is 2.21 bits per heavy atom. The van der Waals surface area contributed by atoms with Crippen molar-refractivity contribution in [1.82, 2.24) is 0 Å². The van der Waals surface area contributed by atoms with Crippen LogP contribution < -0.4 is 0 Å². The normalized spacial score (nSPS) is 9.43. The standard InChI is InChI=1S/C11H8NO.Co/c1-2-9-7-13-11-4-3-8(6-12)5-10(9)11;/h3-5,7H,1-2H2;/q-1;. The summed E-state index contributed by atoms with van der Waals surface area (Å²) in [5.74, 6) is 0. The van der Waals surface area contributed by atoms with E-state index in [2.05, 4.69) is 13.0 Å². The first-order chi connectivity index (χ1) is 6.35. The maximum atomic E-state index is 8.70. The molecule has 2 aromatic rings. The molecular weight excluding hydrogens is 221 g/mol. The Morgan fingerprint density at radius 1 is 1.43 bits per heavy atom. The Hall–Kier alpha value is -1.24. The number of fused-ring (bicyclic) bond motifs is 1. The van der Waals surface area contributed by atoms with Gasteiger partial charge in [-0.1, -0.05) is 0 Å². The molecule has 0 aliphatic heterocycles. The number of hydrogen-bond donors (Lipinski definition) is 0. The molecule has 0 atom stereocenters. The molecule has 0 spiro atoms. The van der Waals surface area contributed by atoms with Gasteiger partial charge in [-0.25, -0.2) is 0 Å². The van der Waals surface area contributed by atoms with Crippen molar-refractivity contribution in [1.29, 1.82) is 5.26 Å². The monoisotopic (exact) mass is 229 g/mol. The third-order valence-electron chi connectivity index (χ3n) is 2.05. The van der Waals surface area contributed by atoms with E-state index in [9.17, 15) is 0 Å². The summed E-state index contributed by atoms with van der Waals surface area (Å²) in [4.78, 5) is 0. The van der Waals surface area contributed by atoms with Crippen molar-refractivity contribution < 1.29 is 21.2 Å². The van der Waals surface area contributed by atoms with Crippen molar-refractivity contribution in [3.63, 3.8) is 0 Å². The molecule has 1 aromatic heterocycles. The largest absolute Gasteiger partial charge is 0.464 e. The predicted octanol–water partition coefficient (Wildman–Crippen LogP) is 2.68. The Bertz CT molecular complexity index is 481. The van der Waals surface area contributed by atoms with Gasteiger partial charge in [0.25, 0.3) is 0 Å². The first kappa shape index (κ1) is 10.8. The summed E-state index contributed by atoms with van der Waals surface area (Å²) in [5.41, 5.74) is 2.52. The van der Waals surface area contributed by atoms with Crippen LogP contribution in [0.5, 0.6) is 0 Å². The number of rotatable bonds is 1. The zero-order chi connectivity index (χ0) is 9.26. The molecule has 14 heavy (non-hydrogen) atoms. The Morgan fingerprint density at radius 3 is 2.86 bits per heavy atom. The van der Waals surface area contributed by atoms with Crippen molar-refractivity contribution in [2.24, 2.45) is 0 Å². The fraction of sp³-hybridized carbons (Fsp3) is 0.0909. The number of furan rings is 1. The second-order valence-electron chi connectivity index (χ2n) is 2.83. The van der Waals surface area contributed by atoms with Crippen LogP contribution in [0.2, 0.25) is 0 Å². The van der Waals surface area contributed by atoms with Gasteiger partial charge >= 0.3 is 0 Å². The molecule has 1 heterocycles. The van der Waals surface area contributed by atoms with Crippen LogP contribution in [0, 0.1) is 18.3 Å². The molecule has 0 amide bonds. The minimum atomic E-state index is 0. The third kappa shape index (κ3) is 1.67. The van der Waals surface area contributed by atoms with Crippen molar-refractivity contribution in [2.75, 3.05) is 0 Å². The Kier molecular flexibility index (Phi) is 3.34. The topological polar surface area (TPSA) is 36.9 Å². The van der Waals surface area contributed by atoms with Gasteiger partial charge in [-0.15, -0.1) is 0 Å². The zero-order valence-electron chi connectivity index (χ0n) is 7.41. The van der Waals surface area contributed by atoms with E-state index in [-0.39, 0.29) is 16.8 Å². The van der Waals surface area contributed by atoms with Gasteiger partial charge in [-0.2, -0.15) is 11.7 Å². The van der Waals surface area contributed by atoms with E-state index in [1.807, 2.05) is 12.1 Å². The second kappa shape index (κ2) is 4.31. The average molecular weight is 229 g/mol. The second-order valence-corrected chi connectivity index (χ2v) is 2.83. The van der Waals surface area contributed by atoms with Gasteiger partial charge in [0.1, 0.15) is 5.58 Å². The zero-order valence-corrected chi connectivity index (χ0v) is 8.45. The molecule has 0 N–H and O–H groups in total. The van der Waals surface area contributed by atoms with E-state index in [0.717, 1.165) is 16.5 Å². The summed E-state index contributed by atoms with van der Waals surface area (Å²) in [6.07, 6.45) is 2.38. The van der Waals surface area contributed by atoms with Gasteiger partial charge in [0.15, 0.2) is 0 Å². The first-order valence-electron chi connectivity index (χ1n) is 4.04. The maximum Gasteiger partial charge on any atom is 0.134 e. The Balaban J connectivity index is 0.000000980. The van der Waals surface area contributed by atoms with Gasteiger partial charge in [0.05, 0.1) is 17.9 Å². The van der Waals surface area contributed by atoms with E-state index in [1.165, 1.54) is 0 Å². The van der Waals surface area contributed by atoms with Crippen molar-refractivity contribution in [3.05, 3.63) is 42.5 Å². The van der Waals surface area contributed by atoms with Gasteiger partial charge in [-0.3, -0.25) is 0 Å². The average Bonchev–Trinajstić information content (AvgIpc) is 2.59. The number of nitriles is 1. The van der Waals surface area contributed by atoms with E-state index >= 15 is 0 Å².